The van der Waals surface area contributed by atoms with E-state index in [1.54, 1.807) is 30.6 Å². The zero-order chi connectivity index (χ0) is 18.0. The smallest absolute Gasteiger partial charge is 0.240 e. The molecule has 0 fully saturated rings. The molecule has 0 radical (unpaired) electrons. The predicted molar refractivity (Wildman–Crippen MR) is 95.6 cm³/mol. The second-order valence-electron chi connectivity index (χ2n) is 5.87. The van der Waals surface area contributed by atoms with E-state index in [1.807, 2.05) is 18.2 Å². The van der Waals surface area contributed by atoms with Crippen molar-refractivity contribution in [2.75, 3.05) is 11.0 Å². The predicted octanol–water partition coefficient (Wildman–Crippen LogP) is 2.15. The van der Waals surface area contributed by atoms with Crippen molar-refractivity contribution >= 4 is 27.3 Å². The van der Waals surface area contributed by atoms with Crippen LogP contribution in [0.3, 0.4) is 0 Å². The fourth-order valence-corrected chi connectivity index (χ4v) is 3.34. The summed E-state index contributed by atoms with van der Waals surface area (Å²) in [5, 5.41) is 5.90. The maximum atomic E-state index is 12.0. The Labute approximate surface area is 146 Å². The molecule has 1 unspecified atom stereocenters. The Morgan fingerprint density at radius 2 is 2.08 bits per heavy atom. The van der Waals surface area contributed by atoms with Crippen molar-refractivity contribution in [2.45, 2.75) is 19.4 Å². The molecule has 0 saturated carbocycles. The van der Waals surface area contributed by atoms with Crippen molar-refractivity contribution in [1.82, 2.24) is 9.99 Å². The van der Waals surface area contributed by atoms with Gasteiger partial charge in [-0.25, -0.2) is 13.4 Å². The summed E-state index contributed by atoms with van der Waals surface area (Å²) in [6.45, 7) is 1.47. The number of hydrogen-bond acceptors (Lipinski definition) is 5. The number of hydrogen-bond donors (Lipinski definition) is 1. The van der Waals surface area contributed by atoms with Crippen LogP contribution in [0.25, 0.3) is 0 Å². The van der Waals surface area contributed by atoms with Gasteiger partial charge < -0.3 is 0 Å². The Morgan fingerprint density at radius 3 is 2.72 bits per heavy atom. The van der Waals surface area contributed by atoms with Gasteiger partial charge in [-0.15, -0.1) is 0 Å². The van der Waals surface area contributed by atoms with E-state index in [1.165, 1.54) is 11.9 Å². The lowest BCUT2D eigenvalue weighted by Crippen LogP contribution is -2.24. The Balaban J connectivity index is 1.92. The molecule has 1 aliphatic rings. The summed E-state index contributed by atoms with van der Waals surface area (Å²) in [5.41, 5.74) is 2.86. The van der Waals surface area contributed by atoms with Crippen LogP contribution in [0.2, 0.25) is 0 Å². The summed E-state index contributed by atoms with van der Waals surface area (Å²) in [7, 11) is -3.36. The van der Waals surface area contributed by atoms with E-state index in [4.69, 9.17) is 0 Å². The Morgan fingerprint density at radius 1 is 1.28 bits per heavy atom. The highest BCUT2D eigenvalue weighted by Gasteiger charge is 2.31. The summed E-state index contributed by atoms with van der Waals surface area (Å²) in [4.78, 5) is 16.1. The molecule has 0 bridgehead atoms. The monoisotopic (exact) mass is 358 g/mol. The van der Waals surface area contributed by atoms with E-state index in [2.05, 4.69) is 14.8 Å². The number of nitrogens with zero attached hydrogens (tertiary/aromatic N) is 3. The second kappa shape index (κ2) is 6.64. The Kier molecular flexibility index (Phi) is 4.54. The lowest BCUT2D eigenvalue weighted by molar-refractivity contribution is -0.130. The molecule has 1 aliphatic heterocycles. The normalized spacial score (nSPS) is 17.3. The van der Waals surface area contributed by atoms with Gasteiger partial charge in [0.1, 0.15) is 0 Å². The zero-order valence-corrected chi connectivity index (χ0v) is 14.7. The van der Waals surface area contributed by atoms with Gasteiger partial charge in [-0.2, -0.15) is 5.10 Å². The topological polar surface area (TPSA) is 91.7 Å². The lowest BCUT2D eigenvalue weighted by Gasteiger charge is -2.19. The number of aromatic nitrogens is 1. The van der Waals surface area contributed by atoms with E-state index in [-0.39, 0.29) is 11.9 Å². The van der Waals surface area contributed by atoms with Gasteiger partial charge in [-0.1, -0.05) is 18.2 Å². The maximum absolute atomic E-state index is 12.0. The minimum atomic E-state index is -3.36. The quantitative estimate of drug-likeness (QED) is 0.906. The molecule has 2 aromatic rings. The SMILES string of the molecule is CC(=O)N1N=C(c2cccc(NS(C)(=O)=O)c2)CC1c1cccnc1. The first-order chi connectivity index (χ1) is 11.8. The van der Waals surface area contributed by atoms with E-state index < -0.39 is 10.0 Å². The van der Waals surface area contributed by atoms with Gasteiger partial charge >= 0.3 is 0 Å². The molecule has 7 nitrogen and oxygen atoms in total. The van der Waals surface area contributed by atoms with Gasteiger partial charge in [-0.3, -0.25) is 14.5 Å². The van der Waals surface area contributed by atoms with Gasteiger partial charge in [0.15, 0.2) is 0 Å². The van der Waals surface area contributed by atoms with E-state index in [0.717, 1.165) is 23.1 Å². The van der Waals surface area contributed by atoms with Gasteiger partial charge in [0.25, 0.3) is 0 Å². The van der Waals surface area contributed by atoms with Crippen LogP contribution in [0, 0.1) is 0 Å². The number of amides is 1. The highest BCUT2D eigenvalue weighted by Crippen LogP contribution is 2.32. The van der Waals surface area contributed by atoms with Crippen LogP contribution in [0.15, 0.2) is 53.9 Å². The molecule has 1 N–H and O–H groups in total. The summed E-state index contributed by atoms with van der Waals surface area (Å²) >= 11 is 0. The molecular weight excluding hydrogens is 340 g/mol. The van der Waals surface area contributed by atoms with Crippen LogP contribution < -0.4 is 4.72 Å². The number of hydrazone groups is 1. The van der Waals surface area contributed by atoms with Crippen molar-refractivity contribution in [3.8, 4) is 0 Å². The maximum Gasteiger partial charge on any atom is 0.240 e. The first-order valence-electron chi connectivity index (χ1n) is 7.69. The number of rotatable bonds is 4. The fraction of sp³-hybridized carbons (Fsp3) is 0.235. The van der Waals surface area contributed by atoms with Crippen molar-refractivity contribution in [3.63, 3.8) is 0 Å². The first kappa shape index (κ1) is 17.1. The lowest BCUT2D eigenvalue weighted by atomic mass is 9.99. The highest BCUT2D eigenvalue weighted by molar-refractivity contribution is 7.92. The van der Waals surface area contributed by atoms with E-state index >= 15 is 0 Å². The fourth-order valence-electron chi connectivity index (χ4n) is 2.78. The molecule has 0 saturated heterocycles. The zero-order valence-electron chi connectivity index (χ0n) is 13.9. The highest BCUT2D eigenvalue weighted by atomic mass is 32.2. The first-order valence-corrected chi connectivity index (χ1v) is 9.58. The van der Waals surface area contributed by atoms with Crippen LogP contribution in [0.1, 0.15) is 30.5 Å². The molecule has 1 aromatic heterocycles. The third kappa shape index (κ3) is 4.03. The standard InChI is InChI=1S/C17H18N4O3S/c1-12(22)21-17(14-6-4-8-18-11-14)10-16(19-21)13-5-3-7-15(9-13)20-25(2,23)24/h3-9,11,17,20H,10H2,1-2H3. The average Bonchev–Trinajstić information content (AvgIpc) is 3.00. The molecule has 130 valence electrons. The largest absolute Gasteiger partial charge is 0.284 e. The average molecular weight is 358 g/mol. The number of carbonyl (C=O) groups is 1. The van der Waals surface area contributed by atoms with Crippen LogP contribution in [-0.4, -0.2) is 36.3 Å². The van der Waals surface area contributed by atoms with E-state index in [0.29, 0.717) is 12.1 Å². The Hall–Kier alpha value is -2.74. The molecule has 2 heterocycles. The molecule has 0 aliphatic carbocycles. The summed E-state index contributed by atoms with van der Waals surface area (Å²) < 4.78 is 25.3. The van der Waals surface area contributed by atoms with Crippen molar-refractivity contribution in [3.05, 3.63) is 59.9 Å². The minimum absolute atomic E-state index is 0.158. The summed E-state index contributed by atoms with van der Waals surface area (Å²) in [5.74, 6) is -0.158. The van der Waals surface area contributed by atoms with Crippen LogP contribution in [0.4, 0.5) is 5.69 Å². The van der Waals surface area contributed by atoms with Crippen LogP contribution in [-0.2, 0) is 14.8 Å². The number of sulfonamides is 1. The Bertz CT molecular complexity index is 926. The minimum Gasteiger partial charge on any atom is -0.284 e. The molecule has 1 amide bonds. The van der Waals surface area contributed by atoms with Gasteiger partial charge in [0.2, 0.25) is 15.9 Å². The number of anilines is 1. The molecule has 8 heteroatoms. The van der Waals surface area contributed by atoms with Crippen LogP contribution in [0.5, 0.6) is 0 Å². The molecular formula is C17H18N4O3S. The molecule has 1 atom stereocenters. The number of benzene rings is 1. The summed E-state index contributed by atoms with van der Waals surface area (Å²) in [6, 6.07) is 10.5. The van der Waals surface area contributed by atoms with Crippen molar-refractivity contribution in [1.29, 1.82) is 0 Å². The number of nitrogens with one attached hydrogen (secondary N) is 1. The van der Waals surface area contributed by atoms with Crippen molar-refractivity contribution < 1.29 is 13.2 Å². The van der Waals surface area contributed by atoms with Gasteiger partial charge in [0, 0.05) is 31.4 Å². The van der Waals surface area contributed by atoms with Crippen LogP contribution >= 0.6 is 0 Å². The second-order valence-corrected chi connectivity index (χ2v) is 7.62. The van der Waals surface area contributed by atoms with Gasteiger partial charge in [-0.05, 0) is 29.3 Å². The molecule has 0 spiro atoms. The third-order valence-corrected chi connectivity index (χ3v) is 4.41. The van der Waals surface area contributed by atoms with Gasteiger partial charge in [0.05, 0.1) is 18.0 Å². The molecule has 3 rings (SSSR count). The van der Waals surface area contributed by atoms with Crippen molar-refractivity contribution in [2.24, 2.45) is 5.10 Å². The van der Waals surface area contributed by atoms with E-state index in [9.17, 15) is 13.2 Å². The number of carbonyl (C=O) groups excluding carboxylic acids is 1. The molecule has 25 heavy (non-hydrogen) atoms. The third-order valence-electron chi connectivity index (χ3n) is 3.80. The summed E-state index contributed by atoms with van der Waals surface area (Å²) in [6.07, 6.45) is 5.04. The number of pyridine rings is 1. The molecule has 1 aromatic carbocycles.